The Morgan fingerprint density at radius 3 is 2.76 bits per heavy atom. The van der Waals surface area contributed by atoms with Gasteiger partial charge in [0.05, 0.1) is 20.3 Å². The van der Waals surface area contributed by atoms with E-state index in [1.54, 1.807) is 14.2 Å². The minimum absolute atomic E-state index is 0.201. The Hall–Kier alpha value is -3.08. The van der Waals surface area contributed by atoms with Crippen LogP contribution in [0.2, 0.25) is 0 Å². The highest BCUT2D eigenvalue weighted by Crippen LogP contribution is 2.50. The SMILES string of the molecule is C=CCC[C@H]1c2c(ccc(OC)c2OC)C=C2c3cc4c(cc3CCN21)OCO4. The Morgan fingerprint density at radius 1 is 1.17 bits per heavy atom. The summed E-state index contributed by atoms with van der Waals surface area (Å²) in [7, 11) is 3.40. The van der Waals surface area contributed by atoms with E-state index in [0.717, 1.165) is 48.8 Å². The first-order chi connectivity index (χ1) is 14.2. The normalized spacial score (nSPS) is 18.3. The molecule has 3 aliphatic rings. The first-order valence-electron chi connectivity index (χ1n) is 10.0. The lowest BCUT2D eigenvalue weighted by molar-refractivity contribution is 0.174. The van der Waals surface area contributed by atoms with E-state index >= 15 is 0 Å². The Bertz CT molecular complexity index is 1010. The molecule has 3 heterocycles. The van der Waals surface area contributed by atoms with Crippen molar-refractivity contribution in [1.82, 2.24) is 4.90 Å². The highest BCUT2D eigenvalue weighted by atomic mass is 16.7. The number of methoxy groups -OCH3 is 2. The maximum atomic E-state index is 5.81. The molecule has 0 saturated heterocycles. The van der Waals surface area contributed by atoms with Gasteiger partial charge < -0.3 is 23.8 Å². The summed E-state index contributed by atoms with van der Waals surface area (Å²) in [5.74, 6) is 3.27. The van der Waals surface area contributed by atoms with Gasteiger partial charge in [-0.15, -0.1) is 6.58 Å². The van der Waals surface area contributed by atoms with Crippen LogP contribution in [0.3, 0.4) is 0 Å². The number of nitrogens with zero attached hydrogens (tertiary/aromatic N) is 1. The van der Waals surface area contributed by atoms with E-state index in [9.17, 15) is 0 Å². The molecule has 2 aromatic rings. The first-order valence-corrected chi connectivity index (χ1v) is 10.0. The summed E-state index contributed by atoms with van der Waals surface area (Å²) in [6, 6.07) is 8.58. The fourth-order valence-corrected chi connectivity index (χ4v) is 4.74. The number of fused-ring (bicyclic) bond motifs is 5. The number of ether oxygens (including phenoxy) is 4. The molecule has 0 unspecified atom stereocenters. The fourth-order valence-electron chi connectivity index (χ4n) is 4.74. The van der Waals surface area contributed by atoms with Gasteiger partial charge in [0.15, 0.2) is 23.0 Å². The molecular formula is C24H25NO4. The van der Waals surface area contributed by atoms with E-state index in [4.69, 9.17) is 18.9 Å². The molecule has 0 N–H and O–H groups in total. The van der Waals surface area contributed by atoms with Crippen LogP contribution in [-0.4, -0.2) is 32.5 Å². The lowest BCUT2D eigenvalue weighted by atomic mass is 9.84. The zero-order valence-corrected chi connectivity index (χ0v) is 16.9. The van der Waals surface area contributed by atoms with E-state index in [-0.39, 0.29) is 6.04 Å². The largest absolute Gasteiger partial charge is 0.493 e. The molecule has 0 saturated carbocycles. The van der Waals surface area contributed by atoms with Crippen LogP contribution in [0, 0.1) is 0 Å². The number of hydrogen-bond donors (Lipinski definition) is 0. The van der Waals surface area contributed by atoms with Crippen molar-refractivity contribution in [2.24, 2.45) is 0 Å². The molecule has 0 amide bonds. The third kappa shape index (κ3) is 2.76. The van der Waals surface area contributed by atoms with E-state index in [0.29, 0.717) is 6.79 Å². The van der Waals surface area contributed by atoms with E-state index in [1.165, 1.54) is 28.0 Å². The summed E-state index contributed by atoms with van der Waals surface area (Å²) >= 11 is 0. The van der Waals surface area contributed by atoms with Gasteiger partial charge in [-0.1, -0.05) is 12.1 Å². The van der Waals surface area contributed by atoms with Gasteiger partial charge in [-0.2, -0.15) is 0 Å². The third-order valence-electron chi connectivity index (χ3n) is 6.07. The van der Waals surface area contributed by atoms with Gasteiger partial charge in [-0.3, -0.25) is 0 Å². The van der Waals surface area contributed by atoms with Crippen LogP contribution in [0.15, 0.2) is 36.9 Å². The maximum absolute atomic E-state index is 5.81. The molecule has 29 heavy (non-hydrogen) atoms. The standard InChI is InChI=1S/C24H25NO4/c1-4-5-6-18-23-16(7-8-20(26-2)24(23)27-3)11-19-17-13-22-21(28-14-29-22)12-15(17)9-10-25(18)19/h4,7-8,11-13,18H,1,5-6,9-10,14H2,2-3H3/t18-/m0/s1. The van der Waals surface area contributed by atoms with Crippen molar-refractivity contribution in [1.29, 1.82) is 0 Å². The Kier molecular flexibility index (Phi) is 4.38. The van der Waals surface area contributed by atoms with Crippen LogP contribution in [0.5, 0.6) is 23.0 Å². The summed E-state index contributed by atoms with van der Waals surface area (Å²) in [6.45, 7) is 5.18. The predicted molar refractivity (Wildman–Crippen MR) is 113 cm³/mol. The molecule has 0 aliphatic carbocycles. The second kappa shape index (κ2) is 7.07. The van der Waals surface area contributed by atoms with Crippen molar-refractivity contribution < 1.29 is 18.9 Å². The number of allylic oxidation sites excluding steroid dienone is 1. The highest BCUT2D eigenvalue weighted by Gasteiger charge is 2.36. The molecule has 0 fully saturated rings. The van der Waals surface area contributed by atoms with Gasteiger partial charge in [0.1, 0.15) is 0 Å². The van der Waals surface area contributed by atoms with Gasteiger partial charge in [0, 0.05) is 23.4 Å². The fraction of sp³-hybridized carbons (Fsp3) is 0.333. The smallest absolute Gasteiger partial charge is 0.231 e. The lowest BCUT2D eigenvalue weighted by Crippen LogP contribution is -2.35. The van der Waals surface area contributed by atoms with Gasteiger partial charge in [-0.05, 0) is 54.7 Å². The summed E-state index contributed by atoms with van der Waals surface area (Å²) < 4.78 is 22.6. The molecule has 0 bridgehead atoms. The van der Waals surface area contributed by atoms with Crippen LogP contribution < -0.4 is 18.9 Å². The summed E-state index contributed by atoms with van der Waals surface area (Å²) in [5.41, 5.74) is 6.14. The van der Waals surface area contributed by atoms with Crippen LogP contribution in [-0.2, 0) is 6.42 Å². The molecule has 150 valence electrons. The molecule has 5 nitrogen and oxygen atoms in total. The van der Waals surface area contributed by atoms with E-state index in [2.05, 4.69) is 35.8 Å². The molecule has 0 aromatic heterocycles. The lowest BCUT2D eigenvalue weighted by Gasteiger charge is -2.43. The van der Waals surface area contributed by atoms with E-state index < -0.39 is 0 Å². The molecule has 3 aliphatic heterocycles. The topological polar surface area (TPSA) is 40.2 Å². The second-order valence-corrected chi connectivity index (χ2v) is 7.52. The van der Waals surface area contributed by atoms with Crippen molar-refractivity contribution in [3.63, 3.8) is 0 Å². The van der Waals surface area contributed by atoms with Crippen molar-refractivity contribution in [3.05, 3.63) is 59.2 Å². The first kappa shape index (κ1) is 18.0. The molecule has 0 radical (unpaired) electrons. The highest BCUT2D eigenvalue weighted by molar-refractivity contribution is 5.88. The number of benzene rings is 2. The minimum Gasteiger partial charge on any atom is -0.493 e. The van der Waals surface area contributed by atoms with Crippen LogP contribution in [0.1, 0.15) is 41.1 Å². The van der Waals surface area contributed by atoms with Crippen molar-refractivity contribution in [2.45, 2.75) is 25.3 Å². The third-order valence-corrected chi connectivity index (χ3v) is 6.07. The van der Waals surface area contributed by atoms with E-state index in [1.807, 2.05) is 12.1 Å². The van der Waals surface area contributed by atoms with Crippen LogP contribution in [0.4, 0.5) is 0 Å². The average Bonchev–Trinajstić information content (AvgIpc) is 3.21. The van der Waals surface area contributed by atoms with Crippen LogP contribution in [0.25, 0.3) is 11.8 Å². The molecule has 2 aromatic carbocycles. The average molecular weight is 391 g/mol. The van der Waals surface area contributed by atoms with Crippen molar-refractivity contribution in [3.8, 4) is 23.0 Å². The molecule has 0 spiro atoms. The predicted octanol–water partition coefficient (Wildman–Crippen LogP) is 4.81. The zero-order valence-electron chi connectivity index (χ0n) is 16.9. The molecule has 5 heteroatoms. The monoisotopic (exact) mass is 391 g/mol. The number of rotatable bonds is 5. The van der Waals surface area contributed by atoms with Crippen molar-refractivity contribution >= 4 is 11.8 Å². The van der Waals surface area contributed by atoms with Crippen molar-refractivity contribution in [2.75, 3.05) is 27.6 Å². The summed E-state index contributed by atoms with van der Waals surface area (Å²) in [5, 5.41) is 0. The Balaban J connectivity index is 1.69. The minimum atomic E-state index is 0.201. The molecule has 5 rings (SSSR count). The van der Waals surface area contributed by atoms with Gasteiger partial charge >= 0.3 is 0 Å². The second-order valence-electron chi connectivity index (χ2n) is 7.52. The Labute approximate surface area is 171 Å². The summed E-state index contributed by atoms with van der Waals surface area (Å²) in [4.78, 5) is 2.50. The molecule has 1 atom stereocenters. The van der Waals surface area contributed by atoms with Gasteiger partial charge in [-0.25, -0.2) is 0 Å². The van der Waals surface area contributed by atoms with Gasteiger partial charge in [0.25, 0.3) is 0 Å². The summed E-state index contributed by atoms with van der Waals surface area (Å²) in [6.07, 6.45) is 7.12. The Morgan fingerprint density at radius 2 is 2.00 bits per heavy atom. The zero-order chi connectivity index (χ0) is 20.0. The van der Waals surface area contributed by atoms with Crippen LogP contribution >= 0.6 is 0 Å². The van der Waals surface area contributed by atoms with Gasteiger partial charge in [0.2, 0.25) is 6.79 Å². The number of hydrogen-bond acceptors (Lipinski definition) is 5. The quantitative estimate of drug-likeness (QED) is 0.684. The maximum Gasteiger partial charge on any atom is 0.231 e. The molecular weight excluding hydrogens is 366 g/mol.